The zero-order valence-electron chi connectivity index (χ0n) is 13.7. The van der Waals surface area contributed by atoms with Crippen LogP contribution < -0.4 is 5.69 Å². The van der Waals surface area contributed by atoms with Gasteiger partial charge in [0.25, 0.3) is 0 Å². The lowest BCUT2D eigenvalue weighted by Gasteiger charge is -2.30. The molecule has 0 radical (unpaired) electrons. The first-order valence-corrected chi connectivity index (χ1v) is 8.81. The molecule has 0 unspecified atom stereocenters. The Hall–Kier alpha value is -2.58. The van der Waals surface area contributed by atoms with Crippen LogP contribution in [0.5, 0.6) is 0 Å². The molecule has 0 aromatic carbocycles. The van der Waals surface area contributed by atoms with Crippen LogP contribution in [0.1, 0.15) is 24.3 Å². The van der Waals surface area contributed by atoms with Gasteiger partial charge < -0.3 is 4.74 Å². The highest BCUT2D eigenvalue weighted by atomic mass is 32.1. The Morgan fingerprint density at radius 2 is 2.28 bits per heavy atom. The molecule has 1 aliphatic heterocycles. The summed E-state index contributed by atoms with van der Waals surface area (Å²) in [4.78, 5) is 26.1. The molecule has 5 heterocycles. The average molecular weight is 353 g/mol. The lowest BCUT2D eigenvalue weighted by atomic mass is 9.94. The van der Waals surface area contributed by atoms with Crippen molar-refractivity contribution in [2.24, 2.45) is 0 Å². The number of thiophene rings is 1. The molecule has 1 aliphatic rings. The lowest BCUT2D eigenvalue weighted by Crippen LogP contribution is -2.31. The first-order chi connectivity index (χ1) is 12.0. The van der Waals surface area contributed by atoms with Gasteiger partial charge in [-0.05, 0) is 31.5 Å². The lowest BCUT2D eigenvalue weighted by molar-refractivity contribution is -0.0379. The Bertz CT molecular complexity index is 1170. The highest BCUT2D eigenvalue weighted by molar-refractivity contribution is 7.19. The minimum atomic E-state index is -0.288. The summed E-state index contributed by atoms with van der Waals surface area (Å²) in [5.41, 5.74) is 2.05. The van der Waals surface area contributed by atoms with Gasteiger partial charge in [-0.25, -0.2) is 9.78 Å². The van der Waals surface area contributed by atoms with Gasteiger partial charge in [0, 0.05) is 29.3 Å². The van der Waals surface area contributed by atoms with Crippen LogP contribution >= 0.6 is 11.3 Å². The second-order valence-electron chi connectivity index (χ2n) is 6.78. The maximum Gasteiger partial charge on any atom is 0.349 e. The van der Waals surface area contributed by atoms with Gasteiger partial charge in [0.1, 0.15) is 4.83 Å². The van der Waals surface area contributed by atoms with E-state index in [1.165, 1.54) is 10.1 Å². The molecule has 7 nitrogen and oxygen atoms in total. The van der Waals surface area contributed by atoms with E-state index in [1.54, 1.807) is 23.7 Å². The summed E-state index contributed by atoms with van der Waals surface area (Å²) in [6.07, 6.45) is 4.17. The normalized spacial score (nSPS) is 16.4. The van der Waals surface area contributed by atoms with E-state index in [4.69, 9.17) is 4.74 Å². The largest absolute Gasteiger partial charge is 0.370 e. The molecule has 0 fully saturated rings. The predicted molar refractivity (Wildman–Crippen MR) is 94.8 cm³/mol. The molecular formula is C17H15N5O2S. The molecule has 0 bridgehead atoms. The fourth-order valence-corrected chi connectivity index (χ4v) is 4.38. The fourth-order valence-electron chi connectivity index (χ4n) is 3.26. The Kier molecular flexibility index (Phi) is 2.93. The van der Waals surface area contributed by atoms with Gasteiger partial charge in [0.15, 0.2) is 11.5 Å². The van der Waals surface area contributed by atoms with Crippen LogP contribution in [-0.4, -0.2) is 30.2 Å². The number of pyridine rings is 1. The topological polar surface area (TPSA) is 85.2 Å². The molecule has 0 spiro atoms. The van der Waals surface area contributed by atoms with Crippen molar-refractivity contribution in [3.05, 3.63) is 45.5 Å². The Morgan fingerprint density at radius 3 is 3.08 bits per heavy atom. The van der Waals surface area contributed by atoms with Crippen LogP contribution in [0.15, 0.2) is 29.3 Å². The first kappa shape index (κ1) is 14.7. The third kappa shape index (κ3) is 2.21. The molecule has 4 aromatic heterocycles. The van der Waals surface area contributed by atoms with Crippen molar-refractivity contribution in [2.45, 2.75) is 32.5 Å². The second kappa shape index (κ2) is 4.96. The van der Waals surface area contributed by atoms with Crippen molar-refractivity contribution in [1.82, 2.24) is 24.6 Å². The number of rotatable bonds is 1. The number of hydrogen-bond acceptors (Lipinski definition) is 6. The maximum atomic E-state index is 12.4. The highest BCUT2D eigenvalue weighted by Crippen LogP contribution is 2.39. The van der Waals surface area contributed by atoms with Crippen LogP contribution in [0, 0.1) is 0 Å². The highest BCUT2D eigenvalue weighted by Gasteiger charge is 2.31. The Balaban J connectivity index is 1.84. The third-order valence-electron chi connectivity index (χ3n) is 4.45. The van der Waals surface area contributed by atoms with E-state index in [0.29, 0.717) is 18.1 Å². The standard InChI is InChI=1S/C17H15N5O2S/c1-17(2)6-10-11(8-24-17)25-15-12(10)14-19-13(9-4-3-5-18-7-9)21-22(14)16(23)20-15/h3-5,7H,6,8H2,1-2H3,(H,20,23). The number of nitrogens with one attached hydrogen (secondary N) is 1. The molecule has 126 valence electrons. The molecule has 0 aliphatic carbocycles. The number of ether oxygens (including phenoxy) is 1. The average Bonchev–Trinajstić information content (AvgIpc) is 3.16. The van der Waals surface area contributed by atoms with Gasteiger partial charge in [0.2, 0.25) is 0 Å². The molecule has 0 saturated heterocycles. The summed E-state index contributed by atoms with van der Waals surface area (Å²) in [5.74, 6) is 0.498. The summed E-state index contributed by atoms with van der Waals surface area (Å²) in [7, 11) is 0. The third-order valence-corrected chi connectivity index (χ3v) is 5.57. The van der Waals surface area contributed by atoms with Crippen molar-refractivity contribution in [3.63, 3.8) is 0 Å². The minimum Gasteiger partial charge on any atom is -0.370 e. The molecule has 0 saturated carbocycles. The van der Waals surface area contributed by atoms with Gasteiger partial charge in [-0.3, -0.25) is 9.97 Å². The Morgan fingerprint density at radius 1 is 1.40 bits per heavy atom. The first-order valence-electron chi connectivity index (χ1n) is 7.99. The van der Waals surface area contributed by atoms with Crippen LogP contribution in [0.25, 0.3) is 27.3 Å². The molecule has 25 heavy (non-hydrogen) atoms. The van der Waals surface area contributed by atoms with Crippen molar-refractivity contribution in [3.8, 4) is 11.4 Å². The van der Waals surface area contributed by atoms with Crippen LogP contribution in [0.2, 0.25) is 0 Å². The number of nitrogens with zero attached hydrogens (tertiary/aromatic N) is 4. The molecular weight excluding hydrogens is 338 g/mol. The summed E-state index contributed by atoms with van der Waals surface area (Å²) < 4.78 is 7.25. The van der Waals surface area contributed by atoms with Crippen LogP contribution in [-0.2, 0) is 17.8 Å². The minimum absolute atomic E-state index is 0.236. The van der Waals surface area contributed by atoms with E-state index >= 15 is 0 Å². The van der Waals surface area contributed by atoms with Crippen molar-refractivity contribution < 1.29 is 4.74 Å². The van der Waals surface area contributed by atoms with Crippen LogP contribution in [0.3, 0.4) is 0 Å². The molecule has 0 atom stereocenters. The number of hydrogen-bond donors (Lipinski definition) is 1. The summed E-state index contributed by atoms with van der Waals surface area (Å²) in [5, 5.41) is 5.36. The quantitative estimate of drug-likeness (QED) is 0.568. The van der Waals surface area contributed by atoms with Gasteiger partial charge in [-0.1, -0.05) is 0 Å². The fraction of sp³-hybridized carbons (Fsp3) is 0.294. The molecule has 4 aromatic rings. The summed E-state index contributed by atoms with van der Waals surface area (Å²) in [6.45, 7) is 4.71. The van der Waals surface area contributed by atoms with Gasteiger partial charge >= 0.3 is 5.69 Å². The van der Waals surface area contributed by atoms with E-state index in [1.807, 2.05) is 12.1 Å². The molecule has 0 amide bonds. The zero-order valence-corrected chi connectivity index (χ0v) is 14.6. The smallest absolute Gasteiger partial charge is 0.349 e. The monoisotopic (exact) mass is 353 g/mol. The maximum absolute atomic E-state index is 12.4. The van der Waals surface area contributed by atoms with Crippen LogP contribution in [0.4, 0.5) is 0 Å². The van der Waals surface area contributed by atoms with E-state index < -0.39 is 0 Å². The van der Waals surface area contributed by atoms with Gasteiger partial charge in [0.05, 0.1) is 17.6 Å². The molecule has 8 heteroatoms. The van der Waals surface area contributed by atoms with Crippen molar-refractivity contribution in [1.29, 1.82) is 0 Å². The molecule has 5 rings (SSSR count). The van der Waals surface area contributed by atoms with Gasteiger partial charge in [-0.15, -0.1) is 16.4 Å². The number of H-pyrrole nitrogens is 1. The van der Waals surface area contributed by atoms with E-state index in [9.17, 15) is 4.79 Å². The van der Waals surface area contributed by atoms with E-state index in [-0.39, 0.29) is 11.3 Å². The number of aromatic nitrogens is 5. The Labute approximate surface area is 146 Å². The zero-order chi connectivity index (χ0) is 17.2. The molecule has 1 N–H and O–H groups in total. The van der Waals surface area contributed by atoms with Crippen molar-refractivity contribution >= 4 is 27.2 Å². The van der Waals surface area contributed by atoms with Gasteiger partial charge in [-0.2, -0.15) is 4.52 Å². The second-order valence-corrected chi connectivity index (χ2v) is 7.88. The SMILES string of the molecule is CC1(C)Cc2c(sc3[nH]c(=O)n4nc(-c5cccnc5)nc4c23)CO1. The number of fused-ring (bicyclic) bond motifs is 5. The predicted octanol–water partition coefficient (Wildman–Crippen LogP) is 2.55. The van der Waals surface area contributed by atoms with Crippen molar-refractivity contribution in [2.75, 3.05) is 0 Å². The number of aromatic amines is 1. The summed E-state index contributed by atoms with van der Waals surface area (Å²) in [6, 6.07) is 3.71. The summed E-state index contributed by atoms with van der Waals surface area (Å²) >= 11 is 1.56. The van der Waals surface area contributed by atoms with E-state index in [2.05, 4.69) is 33.9 Å². The van der Waals surface area contributed by atoms with E-state index in [0.717, 1.165) is 27.1 Å².